The third-order valence-electron chi connectivity index (χ3n) is 3.51. The van der Waals surface area contributed by atoms with Crippen LogP contribution < -0.4 is 10.1 Å². The summed E-state index contributed by atoms with van der Waals surface area (Å²) in [5.41, 5.74) is 1.87. The van der Waals surface area contributed by atoms with Gasteiger partial charge in [0, 0.05) is 12.1 Å². The Labute approximate surface area is 139 Å². The van der Waals surface area contributed by atoms with Crippen LogP contribution in [0.1, 0.15) is 29.8 Å². The Kier molecular flexibility index (Phi) is 3.79. The lowest BCUT2D eigenvalue weighted by molar-refractivity contribution is 0.101. The van der Waals surface area contributed by atoms with Crippen molar-refractivity contribution in [2.45, 2.75) is 25.9 Å². The predicted molar refractivity (Wildman–Crippen MR) is 89.3 cm³/mol. The molecule has 0 radical (unpaired) electrons. The lowest BCUT2D eigenvalue weighted by Gasteiger charge is -2.18. The number of ether oxygens (including phenoxy) is 1. The molecule has 0 bridgehead atoms. The minimum Gasteiger partial charge on any atom is -0.486 e. The maximum absolute atomic E-state index is 12.5. The molecule has 3 rings (SSSR count). The van der Waals surface area contributed by atoms with Crippen molar-refractivity contribution in [2.75, 3.05) is 5.32 Å². The Balaban J connectivity index is 1.88. The average Bonchev–Trinajstić information content (AvgIpc) is 2.76. The number of amides is 1. The van der Waals surface area contributed by atoms with E-state index in [1.54, 1.807) is 24.3 Å². The van der Waals surface area contributed by atoms with Crippen molar-refractivity contribution in [1.82, 2.24) is 0 Å². The summed E-state index contributed by atoms with van der Waals surface area (Å²) in [5, 5.41) is 3.67. The second kappa shape index (κ2) is 5.49. The van der Waals surface area contributed by atoms with Crippen LogP contribution in [0, 0.1) is 0 Å². The third kappa shape index (κ3) is 2.92. The molecule has 1 N–H and O–H groups in total. The minimum absolute atomic E-state index is 0.229. The largest absolute Gasteiger partial charge is 0.486 e. The van der Waals surface area contributed by atoms with Crippen LogP contribution in [-0.2, 0) is 6.42 Å². The van der Waals surface area contributed by atoms with Gasteiger partial charge in [-0.15, -0.1) is 0 Å². The van der Waals surface area contributed by atoms with Gasteiger partial charge in [0.25, 0.3) is 5.91 Å². The van der Waals surface area contributed by atoms with Crippen LogP contribution in [0.5, 0.6) is 5.75 Å². The van der Waals surface area contributed by atoms with E-state index in [0.717, 1.165) is 12.0 Å². The number of carbonyl (C=O) groups excluding carboxylic acids is 1. The van der Waals surface area contributed by atoms with Gasteiger partial charge >= 0.3 is 0 Å². The van der Waals surface area contributed by atoms with Gasteiger partial charge in [-0.3, -0.25) is 4.79 Å². The van der Waals surface area contributed by atoms with Gasteiger partial charge in [-0.1, -0.05) is 35.3 Å². The van der Waals surface area contributed by atoms with Crippen LogP contribution in [0.4, 0.5) is 5.69 Å². The smallest absolute Gasteiger partial charge is 0.259 e. The molecule has 0 fully saturated rings. The monoisotopic (exact) mass is 335 g/mol. The van der Waals surface area contributed by atoms with E-state index in [1.807, 2.05) is 26.0 Å². The van der Waals surface area contributed by atoms with Crippen LogP contribution in [-0.4, -0.2) is 11.5 Å². The molecule has 3 nitrogen and oxygen atoms in total. The molecule has 0 unspecified atom stereocenters. The molecule has 1 aliphatic rings. The fourth-order valence-corrected chi connectivity index (χ4v) is 2.86. The van der Waals surface area contributed by atoms with E-state index < -0.39 is 0 Å². The molecular formula is C17H15Cl2NO2. The molecule has 1 heterocycles. The second-order valence-corrected chi connectivity index (χ2v) is 6.73. The summed E-state index contributed by atoms with van der Waals surface area (Å²) in [6, 6.07) is 10.6. The molecule has 0 aliphatic carbocycles. The quantitative estimate of drug-likeness (QED) is 0.842. The molecule has 0 aromatic heterocycles. The maximum Gasteiger partial charge on any atom is 0.259 e. The van der Waals surface area contributed by atoms with Crippen LogP contribution >= 0.6 is 23.2 Å². The molecule has 1 amide bonds. The predicted octanol–water partition coefficient (Wildman–Crippen LogP) is 4.96. The summed E-state index contributed by atoms with van der Waals surface area (Å²) in [5.74, 6) is 0.429. The van der Waals surface area contributed by atoms with Crippen molar-refractivity contribution >= 4 is 34.8 Å². The molecule has 0 spiro atoms. The normalized spacial score (nSPS) is 15.1. The van der Waals surface area contributed by atoms with Gasteiger partial charge in [-0.2, -0.15) is 0 Å². The Morgan fingerprint density at radius 3 is 2.68 bits per heavy atom. The Bertz CT molecular complexity index is 756. The number of para-hydroxylation sites is 1. The molecule has 22 heavy (non-hydrogen) atoms. The van der Waals surface area contributed by atoms with Crippen molar-refractivity contribution in [3.05, 3.63) is 57.6 Å². The van der Waals surface area contributed by atoms with E-state index >= 15 is 0 Å². The molecule has 0 atom stereocenters. The number of carbonyl (C=O) groups is 1. The summed E-state index contributed by atoms with van der Waals surface area (Å²) in [7, 11) is 0. The van der Waals surface area contributed by atoms with Gasteiger partial charge in [0.2, 0.25) is 0 Å². The van der Waals surface area contributed by atoms with Gasteiger partial charge < -0.3 is 10.1 Å². The standard InChI is InChI=1S/C17H15Cl2NO2/c1-17(2)9-10-4-3-5-12(15(10)22-17)16(21)20-11-6-7-13(18)14(19)8-11/h3-8H,9H2,1-2H3,(H,20,21). The number of hydrogen-bond donors (Lipinski definition) is 1. The molecule has 2 aromatic rings. The number of nitrogens with one attached hydrogen (secondary N) is 1. The highest BCUT2D eigenvalue weighted by Gasteiger charge is 2.33. The fourth-order valence-electron chi connectivity index (χ4n) is 2.57. The van der Waals surface area contributed by atoms with Crippen LogP contribution in [0.15, 0.2) is 36.4 Å². The molecule has 1 aliphatic heterocycles. The van der Waals surface area contributed by atoms with Crippen molar-refractivity contribution in [1.29, 1.82) is 0 Å². The lowest BCUT2D eigenvalue weighted by Crippen LogP contribution is -2.25. The summed E-state index contributed by atoms with van der Waals surface area (Å²) >= 11 is 11.8. The van der Waals surface area contributed by atoms with E-state index in [9.17, 15) is 4.79 Å². The minimum atomic E-state index is -0.289. The van der Waals surface area contributed by atoms with Crippen LogP contribution in [0.3, 0.4) is 0 Å². The SMILES string of the molecule is CC1(C)Cc2cccc(C(=O)Nc3ccc(Cl)c(Cl)c3)c2O1. The van der Waals surface area contributed by atoms with Crippen molar-refractivity contribution < 1.29 is 9.53 Å². The zero-order valence-electron chi connectivity index (χ0n) is 12.2. The van der Waals surface area contributed by atoms with Crippen molar-refractivity contribution in [3.63, 3.8) is 0 Å². The van der Waals surface area contributed by atoms with Gasteiger partial charge in [0.05, 0.1) is 15.6 Å². The number of hydrogen-bond acceptors (Lipinski definition) is 2. The Hall–Kier alpha value is -1.71. The second-order valence-electron chi connectivity index (χ2n) is 5.92. The molecule has 0 saturated heterocycles. The highest BCUT2D eigenvalue weighted by atomic mass is 35.5. The fraction of sp³-hybridized carbons (Fsp3) is 0.235. The number of halogens is 2. The Morgan fingerprint density at radius 2 is 1.95 bits per heavy atom. The summed E-state index contributed by atoms with van der Waals surface area (Å²) in [6.07, 6.45) is 0.788. The first kappa shape index (κ1) is 15.2. The van der Waals surface area contributed by atoms with Crippen molar-refractivity contribution in [3.8, 4) is 5.75 Å². The van der Waals surface area contributed by atoms with E-state index in [2.05, 4.69) is 5.32 Å². The topological polar surface area (TPSA) is 38.3 Å². The first-order chi connectivity index (χ1) is 10.4. The highest BCUT2D eigenvalue weighted by molar-refractivity contribution is 6.42. The number of anilines is 1. The maximum atomic E-state index is 12.5. The number of fused-ring (bicyclic) bond motifs is 1. The summed E-state index contributed by atoms with van der Waals surface area (Å²) < 4.78 is 5.92. The molecule has 5 heteroatoms. The molecule has 0 saturated carbocycles. The van der Waals surface area contributed by atoms with E-state index in [-0.39, 0.29) is 11.5 Å². The van der Waals surface area contributed by atoms with E-state index in [4.69, 9.17) is 27.9 Å². The molecule has 114 valence electrons. The van der Waals surface area contributed by atoms with Crippen LogP contribution in [0.25, 0.3) is 0 Å². The van der Waals surface area contributed by atoms with Gasteiger partial charge in [-0.25, -0.2) is 0 Å². The first-order valence-electron chi connectivity index (χ1n) is 6.93. The average molecular weight is 336 g/mol. The zero-order valence-corrected chi connectivity index (χ0v) is 13.8. The summed E-state index contributed by atoms with van der Waals surface area (Å²) in [6.45, 7) is 4.02. The molecular weight excluding hydrogens is 321 g/mol. The Morgan fingerprint density at radius 1 is 1.18 bits per heavy atom. The highest BCUT2D eigenvalue weighted by Crippen LogP contribution is 2.38. The van der Waals surface area contributed by atoms with E-state index in [0.29, 0.717) is 27.0 Å². The number of rotatable bonds is 2. The van der Waals surface area contributed by atoms with Crippen LogP contribution in [0.2, 0.25) is 10.0 Å². The molecule has 2 aromatic carbocycles. The zero-order chi connectivity index (χ0) is 15.9. The van der Waals surface area contributed by atoms with Gasteiger partial charge in [0.1, 0.15) is 11.4 Å². The third-order valence-corrected chi connectivity index (χ3v) is 4.25. The number of benzene rings is 2. The van der Waals surface area contributed by atoms with E-state index in [1.165, 1.54) is 0 Å². The summed E-state index contributed by atoms with van der Waals surface area (Å²) in [4.78, 5) is 12.5. The lowest BCUT2D eigenvalue weighted by atomic mass is 10.0. The van der Waals surface area contributed by atoms with Gasteiger partial charge in [-0.05, 0) is 43.7 Å². The van der Waals surface area contributed by atoms with Crippen molar-refractivity contribution in [2.24, 2.45) is 0 Å². The first-order valence-corrected chi connectivity index (χ1v) is 7.69. The van der Waals surface area contributed by atoms with Gasteiger partial charge in [0.15, 0.2) is 0 Å².